The summed E-state index contributed by atoms with van der Waals surface area (Å²) < 4.78 is 20.6. The number of aryl methyl sites for hydroxylation is 7. The summed E-state index contributed by atoms with van der Waals surface area (Å²) in [5.41, 5.74) is 13.6. The first-order valence-electron chi connectivity index (χ1n) is 28.2. The molecule has 3 fully saturated rings. The third-order valence-electron chi connectivity index (χ3n) is 17.1. The molecule has 6 aromatic heterocycles. The maximum absolute atomic E-state index is 13.1. The van der Waals surface area contributed by atoms with Crippen molar-refractivity contribution < 1.29 is 52.5 Å². The van der Waals surface area contributed by atoms with Crippen LogP contribution in [-0.4, -0.2) is 124 Å². The van der Waals surface area contributed by atoms with E-state index in [0.717, 1.165) is 78.5 Å². The predicted octanol–water partition coefficient (Wildman–Crippen LogP) is 7.01. The molecular formula is C61H59N15O11. The highest BCUT2D eigenvalue weighted by Gasteiger charge is 2.51. The van der Waals surface area contributed by atoms with Gasteiger partial charge in [0.1, 0.15) is 46.9 Å². The zero-order valence-corrected chi connectivity index (χ0v) is 48.5. The van der Waals surface area contributed by atoms with Gasteiger partial charge in [0.25, 0.3) is 17.7 Å². The zero-order valence-electron chi connectivity index (χ0n) is 48.5. The Hall–Kier alpha value is -10.7. The average Bonchev–Trinajstić information content (AvgIpc) is 1.67. The van der Waals surface area contributed by atoms with E-state index in [1.165, 1.54) is 27.1 Å². The first kappa shape index (κ1) is 55.5. The molecule has 9 aromatic rings. The van der Waals surface area contributed by atoms with E-state index in [0.29, 0.717) is 87.1 Å². The second-order valence-corrected chi connectivity index (χ2v) is 22.7. The fraction of sp³-hybridized carbons (Fsp3) is 0.311. The maximum atomic E-state index is 13.1. The summed E-state index contributed by atoms with van der Waals surface area (Å²) in [7, 11) is 0. The molecule has 26 heteroatoms. The molecule has 0 radical (unpaired) electrons. The van der Waals surface area contributed by atoms with Crippen LogP contribution in [0.5, 0.6) is 11.5 Å². The Balaban J connectivity index is 0.000000121. The van der Waals surface area contributed by atoms with Gasteiger partial charge < -0.3 is 38.5 Å². The van der Waals surface area contributed by atoms with Gasteiger partial charge in [0.2, 0.25) is 0 Å². The smallest absolute Gasteiger partial charge is 0.332 e. The van der Waals surface area contributed by atoms with Crippen molar-refractivity contribution in [3.63, 3.8) is 0 Å². The molecule has 12 heterocycles. The molecular weight excluding hydrogens is 1120 g/mol. The van der Waals surface area contributed by atoms with Crippen molar-refractivity contribution in [3.05, 3.63) is 182 Å². The van der Waals surface area contributed by atoms with E-state index in [4.69, 9.17) is 13.6 Å². The number of urea groups is 3. The quantitative estimate of drug-likeness (QED) is 0.137. The van der Waals surface area contributed by atoms with Crippen LogP contribution < -0.4 is 14.7 Å². The van der Waals surface area contributed by atoms with Gasteiger partial charge in [-0.25, -0.2) is 29.1 Å². The van der Waals surface area contributed by atoms with Gasteiger partial charge in [0.15, 0.2) is 0 Å². The molecule has 0 saturated carbocycles. The highest BCUT2D eigenvalue weighted by atomic mass is 16.5. The monoisotopic (exact) mass is 1180 g/mol. The third-order valence-corrected chi connectivity index (χ3v) is 17.1. The molecule has 87 heavy (non-hydrogen) atoms. The van der Waals surface area contributed by atoms with Crippen molar-refractivity contribution in [2.75, 3.05) is 14.7 Å². The first-order chi connectivity index (χ1) is 41.8. The van der Waals surface area contributed by atoms with Gasteiger partial charge in [0, 0.05) is 74.2 Å². The Morgan fingerprint density at radius 1 is 0.425 bits per heavy atom. The number of hydrogen-bond acceptors (Lipinski definition) is 17. The van der Waals surface area contributed by atoms with Gasteiger partial charge >= 0.3 is 18.1 Å². The lowest BCUT2D eigenvalue weighted by Crippen LogP contribution is -2.40. The Kier molecular flexibility index (Phi) is 13.7. The van der Waals surface area contributed by atoms with Crippen LogP contribution in [0, 0.1) is 48.5 Å². The molecule has 6 aliphatic rings. The summed E-state index contributed by atoms with van der Waals surface area (Å²) in [4.78, 5) is 86.5. The summed E-state index contributed by atoms with van der Waals surface area (Å²) >= 11 is 0. The number of hydrogen-bond donors (Lipinski definition) is 2. The number of carbonyl (C=O) groups is 6. The largest absolute Gasteiger partial charge is 0.508 e. The second kappa shape index (κ2) is 21.4. The standard InChI is InChI=1S/C21H21N5O3.2C20H19N5O4/c1-12-4-5-15-7-19-20(27)26(21(28)25(19)9-16(15)6-12)17-8-22-24(10-17)11-18-13(2)23-29-14(18)3;1-11-17(12(2)29-22-11)10-23-9-15(7-21-23)25-19(27)18-6-14-5-16(26)4-3-13(14)8-24(18)20(25)28;1-11-17(12(2)29-22-11)10-23-9-15(7-21-23)25-19(27)18-6-13-3-4-16(26)5-14(13)8-24(18)20(25)28/h4-6,8,10,19H,7,9,11H2,1-3H3;2*3-5,7,9,18,26H,6,8,10H2,1-2H3/t19-;;18-/m0.1/s1. The van der Waals surface area contributed by atoms with Gasteiger partial charge in [-0.3, -0.25) is 28.4 Å². The second-order valence-electron chi connectivity index (χ2n) is 22.7. The predicted molar refractivity (Wildman–Crippen MR) is 307 cm³/mol. The SMILES string of the molecule is Cc1ccc2c(c1)CN1C(=O)N(c3cnn(Cc4c(C)noc4C)c3)C(=O)[C@@H]1C2.Cc1noc(C)c1Cn1cc(N2C(=O)C3Cc4cc(O)ccc4CN3C2=O)cn1.Cc1noc(C)c1Cn1cc(N2C(=O)[C@H]3Cc4ccc(O)cc4CN3C2=O)cn1. The number of fused-ring (bicyclic) bond motifs is 6. The van der Waals surface area contributed by atoms with Gasteiger partial charge in [-0.2, -0.15) is 15.3 Å². The Bertz CT molecular complexity index is 3810. The van der Waals surface area contributed by atoms with Gasteiger partial charge in [-0.15, -0.1) is 0 Å². The molecule has 0 aliphatic carbocycles. The summed E-state index contributed by atoms with van der Waals surface area (Å²) in [6.07, 6.45) is 11.0. The number of phenolic OH excluding ortho intramolecular Hbond substituents is 2. The van der Waals surface area contributed by atoms with Crippen LogP contribution in [-0.2, 0) is 72.9 Å². The topological polar surface area (TPSA) is 294 Å². The van der Waals surface area contributed by atoms with E-state index in [1.807, 2.05) is 60.6 Å². The molecule has 3 atom stereocenters. The lowest BCUT2D eigenvalue weighted by Gasteiger charge is -2.29. The number of imide groups is 3. The van der Waals surface area contributed by atoms with Crippen molar-refractivity contribution in [2.45, 2.75) is 125 Å². The number of anilines is 3. The Labute approximate surface area is 496 Å². The number of aromatic nitrogens is 9. The molecule has 6 aliphatic heterocycles. The summed E-state index contributed by atoms with van der Waals surface area (Å²) in [6, 6.07) is 13.7. The minimum Gasteiger partial charge on any atom is -0.508 e. The number of carbonyl (C=O) groups excluding carboxylic acids is 6. The number of benzene rings is 3. The highest BCUT2D eigenvalue weighted by Crippen LogP contribution is 2.38. The fourth-order valence-electron chi connectivity index (χ4n) is 12.3. The molecule has 444 valence electrons. The van der Waals surface area contributed by atoms with Crippen molar-refractivity contribution in [2.24, 2.45) is 0 Å². The molecule has 0 bridgehead atoms. The molecule has 3 aromatic carbocycles. The van der Waals surface area contributed by atoms with E-state index in [9.17, 15) is 39.0 Å². The van der Waals surface area contributed by atoms with Crippen LogP contribution in [0.2, 0.25) is 0 Å². The minimum absolute atomic E-state index is 0.151. The fourth-order valence-corrected chi connectivity index (χ4v) is 12.3. The normalized spacial score (nSPS) is 18.4. The molecule has 15 rings (SSSR count). The van der Waals surface area contributed by atoms with E-state index < -0.39 is 18.1 Å². The lowest BCUT2D eigenvalue weighted by molar-refractivity contribution is -0.120. The third kappa shape index (κ3) is 9.90. The first-order valence-corrected chi connectivity index (χ1v) is 28.2. The van der Waals surface area contributed by atoms with Crippen molar-refractivity contribution in [1.82, 2.24) is 59.5 Å². The minimum atomic E-state index is -0.567. The molecule has 0 spiro atoms. The highest BCUT2D eigenvalue weighted by molar-refractivity contribution is 6.23. The summed E-state index contributed by atoms with van der Waals surface area (Å²) in [5, 5.41) is 44.2. The summed E-state index contributed by atoms with van der Waals surface area (Å²) in [5.74, 6) is 1.74. The zero-order chi connectivity index (χ0) is 60.9. The number of amides is 9. The molecule has 9 amide bonds. The van der Waals surface area contributed by atoms with Crippen molar-refractivity contribution in [1.29, 1.82) is 0 Å². The van der Waals surface area contributed by atoms with Crippen LogP contribution >= 0.6 is 0 Å². The van der Waals surface area contributed by atoms with Crippen LogP contribution in [0.4, 0.5) is 31.4 Å². The number of nitrogens with zero attached hydrogens (tertiary/aromatic N) is 15. The Morgan fingerprint density at radius 3 is 1.14 bits per heavy atom. The Morgan fingerprint density at radius 2 is 0.759 bits per heavy atom. The molecule has 2 N–H and O–H groups in total. The van der Waals surface area contributed by atoms with Crippen molar-refractivity contribution >= 4 is 52.9 Å². The average molecular weight is 1180 g/mol. The van der Waals surface area contributed by atoms with Crippen molar-refractivity contribution in [3.8, 4) is 11.5 Å². The van der Waals surface area contributed by atoms with Gasteiger partial charge in [0.05, 0.1) is 72.4 Å². The van der Waals surface area contributed by atoms with E-state index in [-0.39, 0.29) is 47.3 Å². The van der Waals surface area contributed by atoms with Crippen LogP contribution in [0.1, 0.15) is 90.0 Å². The molecule has 1 unspecified atom stereocenters. The lowest BCUT2D eigenvalue weighted by atomic mass is 9.93. The molecule has 26 nitrogen and oxygen atoms in total. The number of rotatable bonds is 9. The van der Waals surface area contributed by atoms with Gasteiger partial charge in [-0.05, 0) is 106 Å². The number of aromatic hydroxyl groups is 2. The van der Waals surface area contributed by atoms with E-state index in [1.54, 1.807) is 83.9 Å². The van der Waals surface area contributed by atoms with Gasteiger partial charge in [-0.1, -0.05) is 51.4 Å². The maximum Gasteiger partial charge on any atom is 0.332 e. The van der Waals surface area contributed by atoms with Crippen LogP contribution in [0.3, 0.4) is 0 Å². The number of phenols is 2. The van der Waals surface area contributed by atoms with E-state index >= 15 is 0 Å². The van der Waals surface area contributed by atoms with Crippen LogP contribution in [0.15, 0.2) is 105 Å². The summed E-state index contributed by atoms with van der Waals surface area (Å²) in [6.45, 7) is 15.6. The van der Waals surface area contributed by atoms with E-state index in [2.05, 4.69) is 42.9 Å². The van der Waals surface area contributed by atoms with Crippen LogP contribution in [0.25, 0.3) is 0 Å². The molecule has 3 saturated heterocycles.